The van der Waals surface area contributed by atoms with Crippen LogP contribution in [0.4, 0.5) is 0 Å². The van der Waals surface area contributed by atoms with Crippen LogP contribution < -0.4 is 4.74 Å². The van der Waals surface area contributed by atoms with Gasteiger partial charge in [0.1, 0.15) is 11.4 Å². The second kappa shape index (κ2) is 10.4. The van der Waals surface area contributed by atoms with Gasteiger partial charge in [0, 0.05) is 0 Å². The number of rotatable bonds is 7. The Morgan fingerprint density at radius 1 is 0.714 bits per heavy atom. The number of ether oxygens (including phenoxy) is 2. The van der Waals surface area contributed by atoms with Crippen LogP contribution in [0, 0.1) is 13.8 Å². The summed E-state index contributed by atoms with van der Waals surface area (Å²) in [5, 5.41) is 0. The Morgan fingerprint density at radius 2 is 1.26 bits per heavy atom. The zero-order valence-corrected chi connectivity index (χ0v) is 21.7. The lowest BCUT2D eigenvalue weighted by molar-refractivity contribution is -0.00337. The third kappa shape index (κ3) is 5.44. The SMILES string of the molecule is COc1cccc(C(C)(C)OC(=O)c2c(C)cc([S+](c3ccccc3)c3ccccc3)cc2C)c1. The van der Waals surface area contributed by atoms with Gasteiger partial charge in [-0.1, -0.05) is 48.5 Å². The smallest absolute Gasteiger partial charge is 0.339 e. The van der Waals surface area contributed by atoms with E-state index in [2.05, 4.69) is 60.7 Å². The van der Waals surface area contributed by atoms with Crippen molar-refractivity contribution in [1.82, 2.24) is 0 Å². The van der Waals surface area contributed by atoms with Gasteiger partial charge in [0.05, 0.1) is 23.6 Å². The van der Waals surface area contributed by atoms with Gasteiger partial charge in [-0.2, -0.15) is 0 Å². The maximum Gasteiger partial charge on any atom is 0.339 e. The Balaban J connectivity index is 1.69. The molecule has 0 bridgehead atoms. The van der Waals surface area contributed by atoms with Gasteiger partial charge in [-0.25, -0.2) is 4.79 Å². The van der Waals surface area contributed by atoms with Gasteiger partial charge in [0.15, 0.2) is 14.7 Å². The lowest BCUT2D eigenvalue weighted by Crippen LogP contribution is -2.26. The molecule has 4 aromatic carbocycles. The number of aryl methyl sites for hydroxylation is 2. The van der Waals surface area contributed by atoms with E-state index in [9.17, 15) is 4.79 Å². The molecule has 0 aliphatic heterocycles. The van der Waals surface area contributed by atoms with Crippen LogP contribution in [-0.4, -0.2) is 13.1 Å². The molecule has 0 aliphatic rings. The Hall–Kier alpha value is -3.50. The summed E-state index contributed by atoms with van der Waals surface area (Å²) in [5.74, 6) is 0.413. The van der Waals surface area contributed by atoms with Gasteiger partial charge in [0.2, 0.25) is 0 Å². The topological polar surface area (TPSA) is 35.5 Å². The van der Waals surface area contributed by atoms with Gasteiger partial charge < -0.3 is 9.47 Å². The van der Waals surface area contributed by atoms with Gasteiger partial charge in [-0.15, -0.1) is 0 Å². The molecule has 35 heavy (non-hydrogen) atoms. The lowest BCUT2D eigenvalue weighted by Gasteiger charge is -2.27. The van der Waals surface area contributed by atoms with Crippen LogP contribution in [0.25, 0.3) is 0 Å². The predicted molar refractivity (Wildman–Crippen MR) is 142 cm³/mol. The van der Waals surface area contributed by atoms with E-state index in [4.69, 9.17) is 9.47 Å². The largest absolute Gasteiger partial charge is 0.497 e. The number of esters is 1. The van der Waals surface area contributed by atoms with Gasteiger partial charge in [0.25, 0.3) is 0 Å². The Kier molecular flexibility index (Phi) is 7.32. The normalized spacial score (nSPS) is 11.4. The number of benzene rings is 4. The molecule has 0 unspecified atom stereocenters. The second-order valence-corrected chi connectivity index (χ2v) is 11.0. The molecular weight excluding hydrogens is 452 g/mol. The van der Waals surface area contributed by atoms with E-state index >= 15 is 0 Å². The Bertz CT molecular complexity index is 1250. The first-order valence-electron chi connectivity index (χ1n) is 11.6. The zero-order chi connectivity index (χ0) is 25.0. The first-order chi connectivity index (χ1) is 16.8. The van der Waals surface area contributed by atoms with Crippen LogP contribution in [0.2, 0.25) is 0 Å². The van der Waals surface area contributed by atoms with Crippen molar-refractivity contribution in [3.8, 4) is 5.75 Å². The quantitative estimate of drug-likeness (QED) is 0.202. The maximum atomic E-state index is 13.4. The number of hydrogen-bond acceptors (Lipinski definition) is 3. The van der Waals surface area contributed by atoms with Crippen molar-refractivity contribution in [2.45, 2.75) is 48.0 Å². The fourth-order valence-electron chi connectivity index (χ4n) is 4.22. The van der Waals surface area contributed by atoms with Crippen LogP contribution in [0.1, 0.15) is 40.9 Å². The highest BCUT2D eigenvalue weighted by Crippen LogP contribution is 2.35. The fraction of sp³-hybridized carbons (Fsp3) is 0.194. The summed E-state index contributed by atoms with van der Waals surface area (Å²) >= 11 is 0. The third-order valence-corrected chi connectivity index (χ3v) is 8.21. The van der Waals surface area contributed by atoms with E-state index in [0.717, 1.165) is 22.4 Å². The molecule has 0 amide bonds. The van der Waals surface area contributed by atoms with E-state index in [0.29, 0.717) is 5.56 Å². The average Bonchev–Trinajstić information content (AvgIpc) is 2.85. The first-order valence-corrected chi connectivity index (χ1v) is 12.9. The van der Waals surface area contributed by atoms with E-state index in [-0.39, 0.29) is 16.9 Å². The molecule has 0 atom stereocenters. The molecule has 4 aromatic rings. The van der Waals surface area contributed by atoms with Crippen LogP contribution in [0.3, 0.4) is 0 Å². The van der Waals surface area contributed by atoms with Crippen molar-refractivity contribution in [1.29, 1.82) is 0 Å². The molecule has 0 heterocycles. The summed E-state index contributed by atoms with van der Waals surface area (Å²) in [6.07, 6.45) is 0. The summed E-state index contributed by atoms with van der Waals surface area (Å²) in [6, 6.07) is 32.9. The van der Waals surface area contributed by atoms with Crippen molar-refractivity contribution >= 4 is 16.9 Å². The molecule has 178 valence electrons. The van der Waals surface area contributed by atoms with Crippen LogP contribution in [0.5, 0.6) is 5.75 Å². The highest BCUT2D eigenvalue weighted by Gasteiger charge is 2.32. The van der Waals surface area contributed by atoms with Crippen molar-refractivity contribution in [3.05, 3.63) is 119 Å². The molecule has 0 N–H and O–H groups in total. The third-order valence-electron chi connectivity index (χ3n) is 6.02. The summed E-state index contributed by atoms with van der Waals surface area (Å²) < 4.78 is 11.4. The summed E-state index contributed by atoms with van der Waals surface area (Å²) in [7, 11) is 1.35. The monoisotopic (exact) mass is 483 g/mol. The highest BCUT2D eigenvalue weighted by molar-refractivity contribution is 7.97. The first kappa shape index (κ1) is 24.6. The highest BCUT2D eigenvalue weighted by atomic mass is 32.2. The standard InChI is InChI=1S/C31H31O3S/c1-22-19-28(35(26-15-8-6-9-16-26)27-17-10-7-11-18-27)20-23(2)29(22)30(32)34-31(3,4)24-13-12-14-25(21-24)33-5/h6-21H,1-5H3/q+1. The molecule has 4 heteroatoms. The molecule has 0 aromatic heterocycles. The fourth-order valence-corrected chi connectivity index (χ4v) is 6.49. The van der Waals surface area contributed by atoms with Crippen molar-refractivity contribution in [2.24, 2.45) is 0 Å². The number of hydrogen-bond donors (Lipinski definition) is 0. The molecule has 0 spiro atoms. The van der Waals surface area contributed by atoms with E-state index in [1.54, 1.807) is 7.11 Å². The molecule has 3 nitrogen and oxygen atoms in total. The van der Waals surface area contributed by atoms with Gasteiger partial charge in [-0.3, -0.25) is 0 Å². The average molecular weight is 484 g/mol. The van der Waals surface area contributed by atoms with Crippen molar-refractivity contribution < 1.29 is 14.3 Å². The molecule has 4 rings (SSSR count). The minimum Gasteiger partial charge on any atom is -0.497 e. The predicted octanol–water partition coefficient (Wildman–Crippen LogP) is 7.50. The van der Waals surface area contributed by atoms with Crippen molar-refractivity contribution in [3.63, 3.8) is 0 Å². The summed E-state index contributed by atoms with van der Waals surface area (Å²) in [6.45, 7) is 7.79. The van der Waals surface area contributed by atoms with Gasteiger partial charge >= 0.3 is 5.97 Å². The van der Waals surface area contributed by atoms with Gasteiger partial charge in [-0.05, 0) is 92.9 Å². The minimum absolute atomic E-state index is 0.275. The van der Waals surface area contributed by atoms with Crippen LogP contribution >= 0.6 is 0 Å². The Morgan fingerprint density at radius 3 is 1.77 bits per heavy atom. The zero-order valence-electron chi connectivity index (χ0n) is 20.9. The van der Waals surface area contributed by atoms with Crippen LogP contribution in [0.15, 0.2) is 112 Å². The molecule has 0 saturated carbocycles. The lowest BCUT2D eigenvalue weighted by atomic mass is 9.97. The summed E-state index contributed by atoms with van der Waals surface area (Å²) in [5.41, 5.74) is 2.52. The summed E-state index contributed by atoms with van der Waals surface area (Å²) in [4.78, 5) is 17.1. The number of methoxy groups -OCH3 is 1. The van der Waals surface area contributed by atoms with Crippen LogP contribution in [-0.2, 0) is 21.2 Å². The maximum absolute atomic E-state index is 13.4. The molecule has 0 fully saturated rings. The Labute approximate surface area is 211 Å². The molecule has 0 saturated heterocycles. The van der Waals surface area contributed by atoms with Crippen molar-refractivity contribution in [2.75, 3.05) is 7.11 Å². The second-order valence-electron chi connectivity index (χ2n) is 9.00. The number of carbonyl (C=O) groups excluding carboxylic acids is 1. The molecule has 0 radical (unpaired) electrons. The van der Waals surface area contributed by atoms with E-state index < -0.39 is 5.60 Å². The molecule has 0 aliphatic carbocycles. The number of carbonyl (C=O) groups is 1. The molecular formula is C31H31O3S+. The van der Waals surface area contributed by atoms with E-state index in [1.165, 1.54) is 14.7 Å². The van der Waals surface area contributed by atoms with E-state index in [1.807, 2.05) is 64.1 Å². The minimum atomic E-state index is -0.804.